The average Bonchev–Trinajstić information content (AvgIpc) is 3.13. The Hall–Kier alpha value is -5.85. The van der Waals surface area contributed by atoms with Gasteiger partial charge in [-0.25, -0.2) is 0 Å². The molecule has 0 amide bonds. The van der Waals surface area contributed by atoms with Gasteiger partial charge >= 0.3 is 0 Å². The molecule has 0 radical (unpaired) electrons. The Morgan fingerprint density at radius 1 is 0.630 bits per heavy atom. The number of benzene rings is 5. The number of hydrogen-bond donors (Lipinski definition) is 3. The number of phenols is 2. The van der Waals surface area contributed by atoms with Crippen LogP contribution < -0.4 is 0 Å². The van der Waals surface area contributed by atoms with Gasteiger partial charge in [0.05, 0.1) is 24.0 Å². The maximum Gasteiger partial charge on any atom is 0.122 e. The zero-order valence-electron chi connectivity index (χ0n) is 32.3. The molecule has 0 bridgehead atoms. The number of rotatable bonds is 14. The summed E-state index contributed by atoms with van der Waals surface area (Å²) < 4.78 is 0. The highest BCUT2D eigenvalue weighted by Gasteiger charge is 2.16. The molecule has 5 aromatic rings. The molecule has 0 fully saturated rings. The fraction of sp³-hybridized carbons (Fsp3) is 0.229. The van der Waals surface area contributed by atoms with Crippen molar-refractivity contribution in [2.45, 2.75) is 66.8 Å². The summed E-state index contributed by atoms with van der Waals surface area (Å²) in [7, 11) is 0. The van der Waals surface area contributed by atoms with Crippen molar-refractivity contribution in [2.75, 3.05) is 6.61 Å². The zero-order chi connectivity index (χ0) is 38.8. The van der Waals surface area contributed by atoms with E-state index < -0.39 is 0 Å². The van der Waals surface area contributed by atoms with Gasteiger partial charge in [0, 0.05) is 41.8 Å². The van der Waals surface area contributed by atoms with E-state index in [4.69, 9.17) is 15.0 Å². The smallest absolute Gasteiger partial charge is 0.122 e. The fourth-order valence-electron chi connectivity index (χ4n) is 6.49. The molecule has 1 unspecified atom stereocenters. The van der Waals surface area contributed by atoms with Crippen LogP contribution in [0.3, 0.4) is 0 Å². The van der Waals surface area contributed by atoms with Crippen molar-refractivity contribution in [2.24, 2.45) is 15.0 Å². The van der Waals surface area contributed by atoms with Crippen LogP contribution in [0.4, 0.5) is 11.4 Å². The third-order valence-electron chi connectivity index (χ3n) is 9.54. The van der Waals surface area contributed by atoms with Crippen LogP contribution in [-0.2, 0) is 12.8 Å². The number of aliphatic hydroxyl groups excluding tert-OH is 1. The Morgan fingerprint density at radius 3 is 1.69 bits per heavy atom. The molecule has 0 saturated heterocycles. The molecule has 6 nitrogen and oxygen atoms in total. The molecule has 0 heterocycles. The largest absolute Gasteiger partial charge is 0.508 e. The predicted octanol–water partition coefficient (Wildman–Crippen LogP) is 10.6. The predicted molar refractivity (Wildman–Crippen MR) is 226 cm³/mol. The van der Waals surface area contributed by atoms with Gasteiger partial charge < -0.3 is 15.3 Å². The van der Waals surface area contributed by atoms with E-state index in [2.05, 4.69) is 90.6 Å². The molecule has 0 aromatic heterocycles. The second kappa shape index (κ2) is 18.3. The summed E-state index contributed by atoms with van der Waals surface area (Å²) >= 11 is 0. The molecule has 0 aliphatic carbocycles. The van der Waals surface area contributed by atoms with Crippen LogP contribution in [0.1, 0.15) is 73.2 Å². The van der Waals surface area contributed by atoms with Gasteiger partial charge in [-0.05, 0) is 124 Å². The average molecular weight is 718 g/mol. The van der Waals surface area contributed by atoms with Crippen LogP contribution in [0.2, 0.25) is 0 Å². The molecule has 0 saturated carbocycles. The first-order valence-electron chi connectivity index (χ1n) is 18.3. The first-order chi connectivity index (χ1) is 25.9. The maximum atomic E-state index is 11.8. The highest BCUT2D eigenvalue weighted by molar-refractivity contribution is 5.85. The Bertz CT molecular complexity index is 2260. The van der Waals surface area contributed by atoms with Gasteiger partial charge in [-0.15, -0.1) is 6.58 Å². The maximum absolute atomic E-state index is 11.8. The van der Waals surface area contributed by atoms with Crippen molar-refractivity contribution in [1.29, 1.82) is 0 Å². The van der Waals surface area contributed by atoms with Crippen LogP contribution in [0.25, 0.3) is 0 Å². The monoisotopic (exact) mass is 717 g/mol. The number of aliphatic imine (C=N–C) groups is 3. The Labute approximate surface area is 320 Å². The van der Waals surface area contributed by atoms with Crippen molar-refractivity contribution >= 4 is 30.0 Å². The summed E-state index contributed by atoms with van der Waals surface area (Å²) in [5, 5.41) is 33.3. The molecular weight excluding hydrogens is 667 g/mol. The molecule has 0 spiro atoms. The van der Waals surface area contributed by atoms with Crippen molar-refractivity contribution in [3.63, 3.8) is 0 Å². The summed E-state index contributed by atoms with van der Waals surface area (Å²) in [4.78, 5) is 14.4. The number of aliphatic hydroxyl groups is 1. The van der Waals surface area contributed by atoms with E-state index in [0.29, 0.717) is 40.1 Å². The molecule has 5 aromatic carbocycles. The molecule has 3 N–H and O–H groups in total. The second-order valence-electron chi connectivity index (χ2n) is 14.2. The molecule has 0 aliphatic heterocycles. The van der Waals surface area contributed by atoms with E-state index in [1.165, 1.54) is 16.7 Å². The molecule has 6 heteroatoms. The Balaban J connectivity index is 1.50. The summed E-state index contributed by atoms with van der Waals surface area (Å²) in [6.07, 6.45) is 10.4. The third-order valence-corrected chi connectivity index (χ3v) is 9.54. The van der Waals surface area contributed by atoms with E-state index in [-0.39, 0.29) is 37.0 Å². The minimum Gasteiger partial charge on any atom is -0.508 e. The van der Waals surface area contributed by atoms with Gasteiger partial charge in [0.25, 0.3) is 0 Å². The lowest BCUT2D eigenvalue weighted by atomic mass is 9.95. The van der Waals surface area contributed by atoms with Crippen LogP contribution >= 0.6 is 0 Å². The lowest BCUT2D eigenvalue weighted by molar-refractivity contribution is 0.327. The minimum absolute atomic E-state index is 0.0856. The molecule has 276 valence electrons. The quantitative estimate of drug-likeness (QED) is 0.0788. The molecule has 1 atom stereocenters. The topological polar surface area (TPSA) is 97.8 Å². The van der Waals surface area contributed by atoms with E-state index in [0.717, 1.165) is 33.4 Å². The van der Waals surface area contributed by atoms with Crippen molar-refractivity contribution < 1.29 is 15.3 Å². The molecule has 5 rings (SSSR count). The van der Waals surface area contributed by atoms with Gasteiger partial charge in [0.1, 0.15) is 11.5 Å². The summed E-state index contributed by atoms with van der Waals surface area (Å²) in [6, 6.07) is 27.4. The van der Waals surface area contributed by atoms with Crippen LogP contribution in [0, 0.1) is 41.5 Å². The molecular formula is C48H51N3O3. The number of aromatic hydroxyl groups is 2. The summed E-state index contributed by atoms with van der Waals surface area (Å²) in [5.74, 6) is 0.193. The SMILES string of the molecule is C=CCC(/C=C(\CO)Cc1cc(N=Cc2ccc(C)cc2C)cc(Cc2cc(N=Cc3ccc(C)cc3C)ccc2O)c1O)N=Cc1ccc(C)cc1C. The van der Waals surface area contributed by atoms with Crippen LogP contribution in [-0.4, -0.2) is 46.6 Å². The van der Waals surface area contributed by atoms with E-state index in [1.807, 2.05) is 61.1 Å². The van der Waals surface area contributed by atoms with Crippen molar-refractivity contribution in [3.05, 3.63) is 176 Å². The van der Waals surface area contributed by atoms with Crippen LogP contribution in [0.15, 0.2) is 124 Å². The van der Waals surface area contributed by atoms with Gasteiger partial charge in [0.15, 0.2) is 0 Å². The fourth-order valence-corrected chi connectivity index (χ4v) is 6.49. The zero-order valence-corrected chi connectivity index (χ0v) is 32.3. The lowest BCUT2D eigenvalue weighted by Crippen LogP contribution is -2.06. The number of aryl methyl sites for hydroxylation is 6. The second-order valence-corrected chi connectivity index (χ2v) is 14.2. The summed E-state index contributed by atoms with van der Waals surface area (Å²) in [5.41, 5.74) is 13.9. The summed E-state index contributed by atoms with van der Waals surface area (Å²) in [6.45, 7) is 16.1. The highest BCUT2D eigenvalue weighted by atomic mass is 16.3. The molecule has 0 aliphatic rings. The van der Waals surface area contributed by atoms with E-state index in [1.54, 1.807) is 12.1 Å². The van der Waals surface area contributed by atoms with E-state index >= 15 is 0 Å². The van der Waals surface area contributed by atoms with Gasteiger partial charge in [0.2, 0.25) is 0 Å². The third kappa shape index (κ3) is 10.6. The van der Waals surface area contributed by atoms with Gasteiger partial charge in [-0.1, -0.05) is 83.4 Å². The van der Waals surface area contributed by atoms with Gasteiger partial charge in [-0.2, -0.15) is 0 Å². The minimum atomic E-state index is -0.248. The van der Waals surface area contributed by atoms with Crippen LogP contribution in [0.5, 0.6) is 11.5 Å². The Kier molecular flexibility index (Phi) is 13.3. The molecule has 54 heavy (non-hydrogen) atoms. The normalized spacial score (nSPS) is 12.7. The number of nitrogens with zero attached hydrogens (tertiary/aromatic N) is 3. The number of hydrogen-bond acceptors (Lipinski definition) is 6. The first-order valence-corrected chi connectivity index (χ1v) is 18.3. The lowest BCUT2D eigenvalue weighted by Gasteiger charge is -2.15. The number of phenolic OH excluding ortho intramolecular Hbond substituents is 2. The van der Waals surface area contributed by atoms with Crippen molar-refractivity contribution in [1.82, 2.24) is 0 Å². The standard InChI is InChI=1S/C48H51N3O3/c1-8-9-44(49-27-38-13-10-31(2)18-34(38)5)22-37(30-52)21-42-25-46(51-29-40-15-12-33(4)20-36(40)7)26-43(48(42)54)23-41-24-45(16-17-47(41)53)50-28-39-14-11-32(3)19-35(39)6/h8,10-20,22,24-29,44,52-54H,1,9,21,23,30H2,2-7H3/b37-22-,49-27?,50-28?,51-29?. The van der Waals surface area contributed by atoms with Crippen molar-refractivity contribution in [3.8, 4) is 11.5 Å². The van der Waals surface area contributed by atoms with Gasteiger partial charge in [-0.3, -0.25) is 15.0 Å². The Morgan fingerprint density at radius 2 is 1.15 bits per heavy atom. The highest BCUT2D eigenvalue weighted by Crippen LogP contribution is 2.35. The first kappa shape index (κ1) is 39.4. The van der Waals surface area contributed by atoms with E-state index in [9.17, 15) is 15.3 Å².